The van der Waals surface area contributed by atoms with E-state index < -0.39 is 5.97 Å². The highest BCUT2D eigenvalue weighted by molar-refractivity contribution is 5.69. The number of fused-ring (bicyclic) bond motifs is 5. The molecular formula is C27H44O4. The largest absolute Gasteiger partial charge is 0.481 e. The molecule has 0 heterocycles. The van der Waals surface area contributed by atoms with Crippen LogP contribution < -0.4 is 0 Å². The fourth-order valence-electron chi connectivity index (χ4n) is 8.68. The van der Waals surface area contributed by atoms with Crippen molar-refractivity contribution in [2.75, 3.05) is 0 Å². The average molecular weight is 433 g/mol. The van der Waals surface area contributed by atoms with E-state index in [1.807, 2.05) is 6.92 Å². The third kappa shape index (κ3) is 3.90. The molecule has 4 aliphatic rings. The minimum Gasteiger partial charge on any atom is -0.481 e. The Bertz CT molecular complexity index is 716. The summed E-state index contributed by atoms with van der Waals surface area (Å²) in [6.07, 6.45) is 12.0. The highest BCUT2D eigenvalue weighted by Crippen LogP contribution is 2.67. The number of carboxylic acids is 1. The predicted octanol–water partition coefficient (Wildman–Crippen LogP) is 5.42. The first kappa shape index (κ1) is 23.3. The number of aliphatic hydroxyl groups excluding tert-OH is 2. The number of rotatable bonds is 6. The van der Waals surface area contributed by atoms with Gasteiger partial charge in [0, 0.05) is 0 Å². The first-order chi connectivity index (χ1) is 14.6. The second-order valence-electron chi connectivity index (χ2n) is 12.2. The second-order valence-corrected chi connectivity index (χ2v) is 12.2. The number of hydrogen-bond acceptors (Lipinski definition) is 3. The number of aliphatic hydroxyl groups is 2. The van der Waals surface area contributed by atoms with Gasteiger partial charge in [0.05, 0.1) is 18.1 Å². The van der Waals surface area contributed by atoms with E-state index in [9.17, 15) is 15.0 Å². The molecule has 0 aromatic heterocycles. The van der Waals surface area contributed by atoms with Crippen molar-refractivity contribution in [3.05, 3.63) is 11.6 Å². The molecule has 10 atom stereocenters. The van der Waals surface area contributed by atoms with Gasteiger partial charge in [-0.05, 0) is 91.8 Å². The van der Waals surface area contributed by atoms with Crippen LogP contribution in [0, 0.1) is 46.3 Å². The van der Waals surface area contributed by atoms with Crippen molar-refractivity contribution in [2.45, 2.75) is 104 Å². The van der Waals surface area contributed by atoms with Gasteiger partial charge in [-0.3, -0.25) is 4.79 Å². The van der Waals surface area contributed by atoms with Crippen LogP contribution in [-0.4, -0.2) is 33.5 Å². The first-order valence-electron chi connectivity index (χ1n) is 12.9. The van der Waals surface area contributed by atoms with Crippen LogP contribution in [0.25, 0.3) is 0 Å². The summed E-state index contributed by atoms with van der Waals surface area (Å²) in [5.41, 5.74) is 1.76. The normalized spacial score (nSPS) is 46.3. The molecule has 0 radical (unpaired) electrons. The molecule has 4 heteroatoms. The second kappa shape index (κ2) is 8.48. The Labute approximate surface area is 188 Å². The Balaban J connectivity index is 1.48. The zero-order chi connectivity index (χ0) is 22.6. The standard InChI is InChI=1S/C27H44O4/c1-16(6-5-7-17(2)25(30)31)20-8-9-21-24-22(11-13-27(20,21)4)26(3)12-10-19(28)14-18(26)15-23(24)29/h15-17,19-24,28-29H,5-14H2,1-4H3,(H,30,31)/t16-,17?,19?,20-,21+,22+,23-,24+,26+,27-/m1/s1. The molecular weight excluding hydrogens is 388 g/mol. The molecule has 0 spiro atoms. The zero-order valence-corrected chi connectivity index (χ0v) is 20.0. The lowest BCUT2D eigenvalue weighted by Crippen LogP contribution is -2.54. The lowest BCUT2D eigenvalue weighted by molar-refractivity contribution is -0.141. The molecule has 4 rings (SSSR count). The summed E-state index contributed by atoms with van der Waals surface area (Å²) in [6.45, 7) is 9.11. The van der Waals surface area contributed by atoms with Gasteiger partial charge in [-0.2, -0.15) is 0 Å². The summed E-state index contributed by atoms with van der Waals surface area (Å²) in [6, 6.07) is 0. The van der Waals surface area contributed by atoms with Crippen molar-refractivity contribution < 1.29 is 20.1 Å². The van der Waals surface area contributed by atoms with E-state index in [-0.39, 0.29) is 29.0 Å². The van der Waals surface area contributed by atoms with Crippen LogP contribution in [0.15, 0.2) is 11.6 Å². The highest BCUT2D eigenvalue weighted by atomic mass is 16.4. The van der Waals surface area contributed by atoms with Gasteiger partial charge in [0.2, 0.25) is 0 Å². The predicted molar refractivity (Wildman–Crippen MR) is 122 cm³/mol. The van der Waals surface area contributed by atoms with Gasteiger partial charge >= 0.3 is 5.97 Å². The third-order valence-electron chi connectivity index (χ3n) is 10.6. The molecule has 4 aliphatic carbocycles. The van der Waals surface area contributed by atoms with Gasteiger partial charge < -0.3 is 15.3 Å². The molecule has 0 aliphatic heterocycles. The molecule has 4 nitrogen and oxygen atoms in total. The van der Waals surface area contributed by atoms with Crippen LogP contribution in [-0.2, 0) is 4.79 Å². The molecule has 3 saturated carbocycles. The number of hydrogen-bond donors (Lipinski definition) is 3. The smallest absolute Gasteiger partial charge is 0.306 e. The molecule has 2 unspecified atom stereocenters. The van der Waals surface area contributed by atoms with Crippen molar-refractivity contribution in [3.63, 3.8) is 0 Å². The van der Waals surface area contributed by atoms with E-state index in [0.29, 0.717) is 29.6 Å². The average Bonchev–Trinajstić information content (AvgIpc) is 3.06. The molecule has 0 saturated heterocycles. The Morgan fingerprint density at radius 3 is 2.52 bits per heavy atom. The number of carboxylic acid groups (broad SMARTS) is 1. The van der Waals surface area contributed by atoms with Crippen LogP contribution in [0.1, 0.15) is 91.9 Å². The van der Waals surface area contributed by atoms with E-state index in [0.717, 1.165) is 38.5 Å². The van der Waals surface area contributed by atoms with Crippen molar-refractivity contribution in [2.24, 2.45) is 46.3 Å². The minimum atomic E-state index is -0.679. The fraction of sp³-hybridized carbons (Fsp3) is 0.889. The fourth-order valence-corrected chi connectivity index (χ4v) is 8.68. The van der Waals surface area contributed by atoms with Gasteiger partial charge in [0.15, 0.2) is 0 Å². The maximum absolute atomic E-state index is 11.3. The topological polar surface area (TPSA) is 77.8 Å². The summed E-state index contributed by atoms with van der Waals surface area (Å²) in [5, 5.41) is 30.6. The van der Waals surface area contributed by atoms with Crippen LogP contribution in [0.4, 0.5) is 0 Å². The molecule has 0 aromatic carbocycles. The van der Waals surface area contributed by atoms with Crippen molar-refractivity contribution >= 4 is 5.97 Å². The van der Waals surface area contributed by atoms with E-state index in [1.54, 1.807) is 0 Å². The van der Waals surface area contributed by atoms with Crippen LogP contribution in [0.5, 0.6) is 0 Å². The van der Waals surface area contributed by atoms with Crippen molar-refractivity contribution in [1.82, 2.24) is 0 Å². The van der Waals surface area contributed by atoms with Crippen molar-refractivity contribution in [3.8, 4) is 0 Å². The summed E-state index contributed by atoms with van der Waals surface area (Å²) in [7, 11) is 0. The van der Waals surface area contributed by atoms with Gasteiger partial charge in [0.1, 0.15) is 0 Å². The monoisotopic (exact) mass is 432 g/mol. The van der Waals surface area contributed by atoms with Gasteiger partial charge in [-0.15, -0.1) is 0 Å². The van der Waals surface area contributed by atoms with E-state index in [1.165, 1.54) is 31.3 Å². The molecule has 3 fully saturated rings. The maximum atomic E-state index is 11.3. The molecule has 176 valence electrons. The molecule has 0 aromatic rings. The summed E-state index contributed by atoms with van der Waals surface area (Å²) in [5.74, 6) is 1.83. The lowest BCUT2D eigenvalue weighted by atomic mass is 9.46. The van der Waals surface area contributed by atoms with Gasteiger partial charge in [-0.25, -0.2) is 0 Å². The Hall–Kier alpha value is -0.870. The quantitative estimate of drug-likeness (QED) is 0.490. The van der Waals surface area contributed by atoms with E-state index in [4.69, 9.17) is 5.11 Å². The van der Waals surface area contributed by atoms with E-state index >= 15 is 0 Å². The molecule has 31 heavy (non-hydrogen) atoms. The van der Waals surface area contributed by atoms with Gasteiger partial charge in [0.25, 0.3) is 0 Å². The molecule has 0 bridgehead atoms. The lowest BCUT2D eigenvalue weighted by Gasteiger charge is -2.59. The van der Waals surface area contributed by atoms with Crippen LogP contribution in [0.3, 0.4) is 0 Å². The Kier molecular flexibility index (Phi) is 6.37. The minimum absolute atomic E-state index is 0.154. The maximum Gasteiger partial charge on any atom is 0.306 e. The summed E-state index contributed by atoms with van der Waals surface area (Å²) < 4.78 is 0. The number of aliphatic carboxylic acids is 1. The molecule has 3 N–H and O–H groups in total. The SMILES string of the molecule is CC(CCC[C@@H](C)[C@H]1CC[C@H]2[C@@H]3[C@H](O)C=C4CC(O)CC[C@]4(C)[C@H]3CC[C@]12C)C(=O)O. The van der Waals surface area contributed by atoms with E-state index in [2.05, 4.69) is 26.8 Å². The first-order valence-corrected chi connectivity index (χ1v) is 12.9. The van der Waals surface area contributed by atoms with Crippen LogP contribution in [0.2, 0.25) is 0 Å². The zero-order valence-electron chi connectivity index (χ0n) is 20.0. The highest BCUT2D eigenvalue weighted by Gasteiger charge is 2.61. The molecule has 0 amide bonds. The summed E-state index contributed by atoms with van der Waals surface area (Å²) >= 11 is 0. The Morgan fingerprint density at radius 2 is 1.81 bits per heavy atom. The Morgan fingerprint density at radius 1 is 1.06 bits per heavy atom. The van der Waals surface area contributed by atoms with Crippen LogP contribution >= 0.6 is 0 Å². The van der Waals surface area contributed by atoms with Gasteiger partial charge in [-0.1, -0.05) is 52.2 Å². The number of carbonyl (C=O) groups is 1. The van der Waals surface area contributed by atoms with Crippen molar-refractivity contribution in [1.29, 1.82) is 0 Å². The summed E-state index contributed by atoms with van der Waals surface area (Å²) in [4.78, 5) is 11.1. The third-order valence-corrected chi connectivity index (χ3v) is 10.6.